The molecule has 13 heavy (non-hydrogen) atoms. The van der Waals surface area contributed by atoms with E-state index >= 15 is 0 Å². The summed E-state index contributed by atoms with van der Waals surface area (Å²) in [6.07, 6.45) is 1.72. The van der Waals surface area contributed by atoms with Gasteiger partial charge in [-0.1, -0.05) is 11.6 Å². The van der Waals surface area contributed by atoms with Gasteiger partial charge in [0.1, 0.15) is 10.8 Å². The van der Waals surface area contributed by atoms with Gasteiger partial charge in [0.05, 0.1) is 0 Å². The van der Waals surface area contributed by atoms with Crippen LogP contribution in [0.4, 0.5) is 0 Å². The van der Waals surface area contributed by atoms with Crippen LogP contribution >= 0.6 is 34.2 Å². The van der Waals surface area contributed by atoms with Crippen molar-refractivity contribution in [2.24, 2.45) is 0 Å². The largest absolute Gasteiger partial charge is 0.269 e. The highest BCUT2D eigenvalue weighted by atomic mass is 127. The molecule has 3 nitrogen and oxygen atoms in total. The Balaban J connectivity index is 2.95. The van der Waals surface area contributed by atoms with E-state index in [2.05, 4.69) is 27.6 Å². The molecule has 0 saturated carbocycles. The monoisotopic (exact) mass is 306 g/mol. The summed E-state index contributed by atoms with van der Waals surface area (Å²) in [6.45, 7) is 0. The Kier molecular flexibility index (Phi) is 2.25. The zero-order valence-corrected chi connectivity index (χ0v) is 9.28. The van der Waals surface area contributed by atoms with Crippen LogP contribution in [0.15, 0.2) is 29.2 Å². The van der Waals surface area contributed by atoms with Gasteiger partial charge in [-0.25, -0.2) is 4.98 Å². The van der Waals surface area contributed by atoms with Crippen molar-refractivity contribution < 1.29 is 0 Å². The zero-order valence-electron chi connectivity index (χ0n) is 6.37. The van der Waals surface area contributed by atoms with Gasteiger partial charge in [-0.05, 0) is 34.7 Å². The quantitative estimate of drug-likeness (QED) is 0.551. The second-order valence-corrected chi connectivity index (χ2v) is 4.13. The highest BCUT2D eigenvalue weighted by Crippen LogP contribution is 2.07. The smallest absolute Gasteiger partial charge is 0.259 e. The van der Waals surface area contributed by atoms with Crippen LogP contribution in [0, 0.1) is 3.57 Å². The summed E-state index contributed by atoms with van der Waals surface area (Å²) in [5.41, 5.74) is 0.409. The van der Waals surface area contributed by atoms with Gasteiger partial charge >= 0.3 is 0 Å². The number of aromatic nitrogens is 2. The predicted octanol–water partition coefficient (Wildman–Crippen LogP) is 1.95. The third kappa shape index (κ3) is 1.68. The fraction of sp³-hybridized carbons (Fsp3) is 0. The molecule has 0 amide bonds. The van der Waals surface area contributed by atoms with Crippen molar-refractivity contribution in [1.82, 2.24) is 9.38 Å². The molecule has 5 heteroatoms. The molecule has 2 heterocycles. The minimum absolute atomic E-state index is 0.159. The summed E-state index contributed by atoms with van der Waals surface area (Å²) in [5.74, 6) is 0. The molecule has 0 atom stereocenters. The summed E-state index contributed by atoms with van der Waals surface area (Å²) in [5, 5.41) is 0.228. The Bertz CT molecular complexity index is 523. The lowest BCUT2D eigenvalue weighted by molar-refractivity contribution is 1.04. The van der Waals surface area contributed by atoms with E-state index in [-0.39, 0.29) is 10.7 Å². The van der Waals surface area contributed by atoms with E-state index in [0.717, 1.165) is 3.57 Å². The van der Waals surface area contributed by atoms with Crippen LogP contribution in [-0.2, 0) is 0 Å². The molecule has 0 N–H and O–H groups in total. The fourth-order valence-corrected chi connectivity index (χ4v) is 1.69. The Morgan fingerprint density at radius 3 is 3.00 bits per heavy atom. The molecule has 0 aliphatic rings. The Morgan fingerprint density at radius 2 is 2.23 bits per heavy atom. The maximum atomic E-state index is 11.4. The van der Waals surface area contributed by atoms with Crippen LogP contribution in [-0.4, -0.2) is 9.38 Å². The van der Waals surface area contributed by atoms with E-state index in [9.17, 15) is 4.79 Å². The van der Waals surface area contributed by atoms with Crippen molar-refractivity contribution in [3.63, 3.8) is 0 Å². The van der Waals surface area contributed by atoms with Gasteiger partial charge < -0.3 is 0 Å². The van der Waals surface area contributed by atoms with E-state index in [1.165, 1.54) is 10.5 Å². The van der Waals surface area contributed by atoms with Crippen molar-refractivity contribution in [1.29, 1.82) is 0 Å². The molecule has 66 valence electrons. The van der Waals surface area contributed by atoms with Crippen molar-refractivity contribution in [3.05, 3.63) is 43.5 Å². The lowest BCUT2D eigenvalue weighted by Gasteiger charge is -1.99. The molecule has 2 aromatic rings. The molecule has 0 saturated heterocycles. The first kappa shape index (κ1) is 8.96. The van der Waals surface area contributed by atoms with Crippen LogP contribution in [0.25, 0.3) is 5.65 Å². The summed E-state index contributed by atoms with van der Waals surface area (Å²) in [7, 11) is 0. The molecule has 0 aromatic carbocycles. The third-order valence-electron chi connectivity index (χ3n) is 1.59. The average Bonchev–Trinajstić information content (AvgIpc) is 2.06. The number of halogens is 2. The summed E-state index contributed by atoms with van der Waals surface area (Å²) in [6, 6.07) is 4.93. The van der Waals surface area contributed by atoms with E-state index in [1.54, 1.807) is 12.3 Å². The molecular formula is C8H4ClIN2O. The SMILES string of the molecule is O=c1cc(Cl)nc2ccc(I)cn12. The van der Waals surface area contributed by atoms with Gasteiger partial charge in [0.25, 0.3) is 5.56 Å². The summed E-state index contributed by atoms with van der Waals surface area (Å²) >= 11 is 7.77. The second kappa shape index (κ2) is 3.26. The first-order chi connectivity index (χ1) is 6.16. The number of pyridine rings is 1. The summed E-state index contributed by atoms with van der Waals surface area (Å²) in [4.78, 5) is 15.4. The highest BCUT2D eigenvalue weighted by molar-refractivity contribution is 14.1. The fourth-order valence-electron chi connectivity index (χ4n) is 1.05. The van der Waals surface area contributed by atoms with Gasteiger partial charge in [-0.3, -0.25) is 9.20 Å². The number of hydrogen-bond acceptors (Lipinski definition) is 2. The lowest BCUT2D eigenvalue weighted by Crippen LogP contribution is -2.13. The van der Waals surface area contributed by atoms with Crippen molar-refractivity contribution in [3.8, 4) is 0 Å². The minimum atomic E-state index is -0.159. The standard InChI is InChI=1S/C8H4ClIN2O/c9-6-3-8(13)12-4-5(10)1-2-7(12)11-6/h1-4H. The maximum Gasteiger partial charge on any atom is 0.259 e. The molecule has 2 rings (SSSR count). The Hall–Kier alpha value is -0.620. The van der Waals surface area contributed by atoms with Crippen molar-refractivity contribution in [2.45, 2.75) is 0 Å². The average molecular weight is 306 g/mol. The first-order valence-corrected chi connectivity index (χ1v) is 4.97. The van der Waals surface area contributed by atoms with Crippen LogP contribution < -0.4 is 5.56 Å². The molecule has 0 fully saturated rings. The third-order valence-corrected chi connectivity index (χ3v) is 2.42. The lowest BCUT2D eigenvalue weighted by atomic mass is 10.4. The summed E-state index contributed by atoms with van der Waals surface area (Å²) < 4.78 is 2.45. The van der Waals surface area contributed by atoms with Crippen LogP contribution in [0.3, 0.4) is 0 Å². The highest BCUT2D eigenvalue weighted by Gasteiger charge is 1.99. The van der Waals surface area contributed by atoms with E-state index in [1.807, 2.05) is 6.07 Å². The molecule has 0 unspecified atom stereocenters. The van der Waals surface area contributed by atoms with Crippen molar-refractivity contribution in [2.75, 3.05) is 0 Å². The predicted molar refractivity (Wildman–Crippen MR) is 59.2 cm³/mol. The van der Waals surface area contributed by atoms with Crippen LogP contribution in [0.2, 0.25) is 5.15 Å². The van der Waals surface area contributed by atoms with Gasteiger partial charge in [0.15, 0.2) is 0 Å². The van der Waals surface area contributed by atoms with E-state index in [4.69, 9.17) is 11.6 Å². The zero-order chi connectivity index (χ0) is 9.42. The van der Waals surface area contributed by atoms with Gasteiger partial charge in [-0.15, -0.1) is 0 Å². The number of rotatable bonds is 0. The first-order valence-electron chi connectivity index (χ1n) is 3.51. The number of nitrogens with zero attached hydrogens (tertiary/aromatic N) is 2. The van der Waals surface area contributed by atoms with E-state index in [0.29, 0.717) is 5.65 Å². The second-order valence-electron chi connectivity index (χ2n) is 2.49. The molecule has 2 aromatic heterocycles. The van der Waals surface area contributed by atoms with Gasteiger partial charge in [0.2, 0.25) is 0 Å². The molecule has 0 radical (unpaired) electrons. The maximum absolute atomic E-state index is 11.4. The molecule has 0 spiro atoms. The normalized spacial score (nSPS) is 10.6. The molecule has 0 bridgehead atoms. The van der Waals surface area contributed by atoms with Gasteiger partial charge in [0, 0.05) is 15.8 Å². The Labute approximate surface area is 92.5 Å². The molecule has 0 aliphatic heterocycles. The number of hydrogen-bond donors (Lipinski definition) is 0. The molecule has 0 aliphatic carbocycles. The molecular weight excluding hydrogens is 302 g/mol. The van der Waals surface area contributed by atoms with Crippen LogP contribution in [0.5, 0.6) is 0 Å². The van der Waals surface area contributed by atoms with Gasteiger partial charge in [-0.2, -0.15) is 0 Å². The number of fused-ring (bicyclic) bond motifs is 1. The van der Waals surface area contributed by atoms with Crippen molar-refractivity contribution >= 4 is 39.8 Å². The Morgan fingerprint density at radius 1 is 1.46 bits per heavy atom. The topological polar surface area (TPSA) is 34.4 Å². The van der Waals surface area contributed by atoms with Crippen LogP contribution in [0.1, 0.15) is 0 Å². The van der Waals surface area contributed by atoms with E-state index < -0.39 is 0 Å². The minimum Gasteiger partial charge on any atom is -0.269 e.